The van der Waals surface area contributed by atoms with Crippen LogP contribution in [0.5, 0.6) is 0 Å². The fourth-order valence-electron chi connectivity index (χ4n) is 3.79. The highest BCUT2D eigenvalue weighted by molar-refractivity contribution is 7.80. The second-order valence-electron chi connectivity index (χ2n) is 7.29. The smallest absolute Gasteiger partial charge is 0.274 e. The molecule has 0 spiro atoms. The van der Waals surface area contributed by atoms with Crippen LogP contribution in [0.3, 0.4) is 0 Å². The number of hydrogen-bond donors (Lipinski definition) is 1. The minimum absolute atomic E-state index is 0.118. The van der Waals surface area contributed by atoms with Crippen LogP contribution >= 0.6 is 12.2 Å². The van der Waals surface area contributed by atoms with Crippen LogP contribution in [-0.4, -0.2) is 39.9 Å². The number of fused-ring (bicyclic) bond motifs is 1. The topological polar surface area (TPSA) is 65.5 Å². The molecule has 28 heavy (non-hydrogen) atoms. The normalized spacial score (nSPS) is 18.9. The summed E-state index contributed by atoms with van der Waals surface area (Å²) in [5, 5.41) is 3.68. The largest absolute Gasteiger partial charge is 0.356 e. The van der Waals surface area contributed by atoms with E-state index in [1.54, 1.807) is 6.08 Å². The second kappa shape index (κ2) is 7.31. The molecule has 0 aliphatic carbocycles. The van der Waals surface area contributed by atoms with E-state index in [0.717, 1.165) is 53.8 Å². The lowest BCUT2D eigenvalue weighted by Crippen LogP contribution is -2.31. The number of thiocarbonyl (C=S) groups is 1. The van der Waals surface area contributed by atoms with Gasteiger partial charge in [0.1, 0.15) is 11.5 Å². The zero-order valence-corrected chi connectivity index (χ0v) is 16.8. The van der Waals surface area contributed by atoms with Gasteiger partial charge in [-0.1, -0.05) is 11.6 Å². The number of rotatable bonds is 2. The van der Waals surface area contributed by atoms with Gasteiger partial charge in [0.15, 0.2) is 5.11 Å². The van der Waals surface area contributed by atoms with Crippen LogP contribution in [0, 0.1) is 6.92 Å². The van der Waals surface area contributed by atoms with Gasteiger partial charge in [-0.3, -0.25) is 19.8 Å². The van der Waals surface area contributed by atoms with E-state index in [0.29, 0.717) is 0 Å². The van der Waals surface area contributed by atoms with Crippen molar-refractivity contribution in [1.82, 2.24) is 15.2 Å². The molecule has 1 N–H and O–H groups in total. The molecular formula is C21H22N4O2S. The van der Waals surface area contributed by atoms with Crippen LogP contribution in [0.15, 0.2) is 30.0 Å². The highest BCUT2D eigenvalue weighted by Gasteiger charge is 2.33. The van der Waals surface area contributed by atoms with Crippen LogP contribution in [-0.2, 0) is 9.59 Å². The van der Waals surface area contributed by atoms with Gasteiger partial charge in [0.25, 0.3) is 5.91 Å². The van der Waals surface area contributed by atoms with E-state index < -0.39 is 0 Å². The number of nitrogens with one attached hydrogen (secondary N) is 1. The lowest BCUT2D eigenvalue weighted by Gasteiger charge is -2.29. The maximum Gasteiger partial charge on any atom is 0.274 e. The molecule has 0 atom stereocenters. The van der Waals surface area contributed by atoms with Gasteiger partial charge in [0, 0.05) is 31.0 Å². The number of aromatic nitrogens is 1. The summed E-state index contributed by atoms with van der Waals surface area (Å²) in [6.45, 7) is 5.30. The number of amides is 2. The van der Waals surface area contributed by atoms with Crippen molar-refractivity contribution in [2.45, 2.75) is 33.1 Å². The number of nitrogens with zero attached hydrogens (tertiary/aromatic N) is 3. The molecule has 2 fully saturated rings. The van der Waals surface area contributed by atoms with Gasteiger partial charge in [-0.05, 0) is 62.7 Å². The summed E-state index contributed by atoms with van der Waals surface area (Å²) in [6.07, 6.45) is 5.19. The molecule has 0 radical (unpaired) electrons. The number of anilines is 1. The quantitative estimate of drug-likeness (QED) is 0.626. The van der Waals surface area contributed by atoms with Crippen LogP contribution in [0.25, 0.3) is 17.0 Å². The molecule has 7 heteroatoms. The lowest BCUT2D eigenvalue weighted by molar-refractivity contribution is -0.125. The third-order valence-corrected chi connectivity index (χ3v) is 5.42. The van der Waals surface area contributed by atoms with Gasteiger partial charge >= 0.3 is 0 Å². The minimum Gasteiger partial charge on any atom is -0.356 e. The molecule has 2 saturated heterocycles. The number of carbonyl (C=O) groups is 2. The summed E-state index contributed by atoms with van der Waals surface area (Å²) < 4.78 is 0. The summed E-state index contributed by atoms with van der Waals surface area (Å²) in [6, 6.07) is 8.19. The fraction of sp³-hybridized carbons (Fsp3) is 0.333. The number of hydrogen-bond acceptors (Lipinski definition) is 5. The zero-order valence-electron chi connectivity index (χ0n) is 16.0. The molecule has 144 valence electrons. The van der Waals surface area contributed by atoms with Crippen LogP contribution in [0.2, 0.25) is 0 Å². The average molecular weight is 395 g/mol. The first-order valence-electron chi connectivity index (χ1n) is 9.48. The van der Waals surface area contributed by atoms with Gasteiger partial charge in [0.2, 0.25) is 5.91 Å². The third-order valence-electron chi connectivity index (χ3n) is 5.14. The van der Waals surface area contributed by atoms with Gasteiger partial charge in [-0.15, -0.1) is 0 Å². The predicted octanol–water partition coefficient (Wildman–Crippen LogP) is 3.14. The van der Waals surface area contributed by atoms with Crippen molar-refractivity contribution in [2.24, 2.45) is 0 Å². The Kier molecular flexibility index (Phi) is 4.85. The van der Waals surface area contributed by atoms with E-state index in [2.05, 4.69) is 16.3 Å². The Balaban J connectivity index is 1.89. The Bertz CT molecular complexity index is 1020. The monoisotopic (exact) mass is 394 g/mol. The van der Waals surface area contributed by atoms with E-state index >= 15 is 0 Å². The van der Waals surface area contributed by atoms with E-state index in [9.17, 15) is 9.59 Å². The predicted molar refractivity (Wildman–Crippen MR) is 114 cm³/mol. The van der Waals surface area contributed by atoms with E-state index in [4.69, 9.17) is 17.2 Å². The van der Waals surface area contributed by atoms with Crippen LogP contribution < -0.4 is 10.2 Å². The molecule has 2 amide bonds. The maximum absolute atomic E-state index is 12.4. The van der Waals surface area contributed by atoms with Crippen molar-refractivity contribution in [1.29, 1.82) is 0 Å². The minimum atomic E-state index is -0.367. The average Bonchev–Trinajstić information content (AvgIpc) is 2.95. The van der Waals surface area contributed by atoms with Crippen LogP contribution in [0.4, 0.5) is 5.82 Å². The van der Waals surface area contributed by atoms with Gasteiger partial charge in [-0.2, -0.15) is 0 Å². The molecule has 4 rings (SSSR count). The van der Waals surface area contributed by atoms with Gasteiger partial charge < -0.3 is 4.90 Å². The second-order valence-corrected chi connectivity index (χ2v) is 7.68. The molecular weight excluding hydrogens is 372 g/mol. The van der Waals surface area contributed by atoms with Crippen molar-refractivity contribution in [3.8, 4) is 0 Å². The highest BCUT2D eigenvalue weighted by Crippen LogP contribution is 2.30. The standard InChI is InChI=1S/C21H22N4O2S/c1-13-6-7-17-15(10-13)11-16(19(22-17)24-8-4-3-5-9-24)12-18-20(27)23-21(28)25(18)14(2)26/h6-7,10-12H,3-5,8-9H2,1-2H3,(H,23,27,28). The SMILES string of the molecule is CC(=O)N1C(=S)NC(=O)C1=Cc1cc2cc(C)ccc2nc1N1CCCCC1. The van der Waals surface area contributed by atoms with Gasteiger partial charge in [0.05, 0.1) is 5.52 Å². The van der Waals surface area contributed by atoms with E-state index in [-0.39, 0.29) is 22.6 Å². The lowest BCUT2D eigenvalue weighted by atomic mass is 10.1. The molecule has 0 saturated carbocycles. The zero-order chi connectivity index (χ0) is 19.8. The molecule has 0 unspecified atom stereocenters. The summed E-state index contributed by atoms with van der Waals surface area (Å²) in [5.74, 6) is 0.186. The fourth-order valence-corrected chi connectivity index (χ4v) is 4.10. The molecule has 2 aliphatic rings. The van der Waals surface area contributed by atoms with Gasteiger partial charge in [-0.25, -0.2) is 4.98 Å². The summed E-state index contributed by atoms with van der Waals surface area (Å²) in [5.41, 5.74) is 3.12. The number of aryl methyl sites for hydroxylation is 1. The first kappa shape index (κ1) is 18.6. The molecule has 3 heterocycles. The first-order chi connectivity index (χ1) is 13.4. The highest BCUT2D eigenvalue weighted by atomic mass is 32.1. The Morgan fingerprint density at radius 1 is 1.21 bits per heavy atom. The Labute approximate surface area is 169 Å². The van der Waals surface area contributed by atoms with Crippen LogP contribution in [0.1, 0.15) is 37.3 Å². The number of pyridine rings is 1. The molecule has 0 bridgehead atoms. The Morgan fingerprint density at radius 2 is 1.96 bits per heavy atom. The number of carbonyl (C=O) groups excluding carboxylic acids is 2. The van der Waals surface area contributed by atoms with Crippen molar-refractivity contribution in [3.63, 3.8) is 0 Å². The Hall–Kier alpha value is -2.80. The first-order valence-corrected chi connectivity index (χ1v) is 9.89. The molecule has 2 aliphatic heterocycles. The van der Waals surface area contributed by atoms with Crippen molar-refractivity contribution in [2.75, 3.05) is 18.0 Å². The molecule has 2 aromatic rings. The number of piperidine rings is 1. The molecule has 1 aromatic carbocycles. The summed E-state index contributed by atoms with van der Waals surface area (Å²) in [7, 11) is 0. The maximum atomic E-state index is 12.4. The molecule has 1 aromatic heterocycles. The molecule has 6 nitrogen and oxygen atoms in total. The summed E-state index contributed by atoms with van der Waals surface area (Å²) >= 11 is 5.15. The van der Waals surface area contributed by atoms with E-state index in [1.165, 1.54) is 18.2 Å². The van der Waals surface area contributed by atoms with E-state index in [1.807, 2.05) is 25.1 Å². The third kappa shape index (κ3) is 3.38. The van der Waals surface area contributed by atoms with Crippen molar-refractivity contribution < 1.29 is 9.59 Å². The Morgan fingerprint density at radius 3 is 2.68 bits per heavy atom. The number of benzene rings is 1. The summed E-state index contributed by atoms with van der Waals surface area (Å²) in [4.78, 5) is 32.9. The van der Waals surface area contributed by atoms with Crippen molar-refractivity contribution >= 4 is 51.9 Å². The van der Waals surface area contributed by atoms with Crippen molar-refractivity contribution in [3.05, 3.63) is 41.1 Å².